The first-order chi connectivity index (χ1) is 9.33. The average molecular weight is 300 g/mol. The number of sulfonamides is 1. The van der Waals surface area contributed by atoms with E-state index in [1.54, 1.807) is 0 Å². The summed E-state index contributed by atoms with van der Waals surface area (Å²) in [4.78, 5) is 9.92. The van der Waals surface area contributed by atoms with Gasteiger partial charge in [0.2, 0.25) is 10.0 Å². The SMILES string of the molecule is CC1CC(NS(=O)(=O)c2ccc(NN)cc2[N+](=O)[O-])C1. The van der Waals surface area contributed by atoms with Gasteiger partial charge in [-0.3, -0.25) is 16.0 Å². The molecule has 110 valence electrons. The molecule has 1 aliphatic carbocycles. The number of nitrogens with zero attached hydrogens (tertiary/aromatic N) is 1. The highest BCUT2D eigenvalue weighted by Crippen LogP contribution is 2.31. The van der Waals surface area contributed by atoms with Crippen molar-refractivity contribution in [2.75, 3.05) is 5.43 Å². The van der Waals surface area contributed by atoms with E-state index in [0.29, 0.717) is 5.92 Å². The highest BCUT2D eigenvalue weighted by Gasteiger charge is 2.33. The number of nitro groups is 1. The lowest BCUT2D eigenvalue weighted by molar-refractivity contribution is -0.387. The number of rotatable bonds is 5. The van der Waals surface area contributed by atoms with Gasteiger partial charge in [0.05, 0.1) is 10.6 Å². The Morgan fingerprint density at radius 3 is 2.55 bits per heavy atom. The van der Waals surface area contributed by atoms with E-state index in [1.807, 2.05) is 6.92 Å². The van der Waals surface area contributed by atoms with Gasteiger partial charge in [-0.25, -0.2) is 13.1 Å². The van der Waals surface area contributed by atoms with E-state index < -0.39 is 20.6 Å². The van der Waals surface area contributed by atoms with Gasteiger partial charge in [-0.15, -0.1) is 0 Å². The lowest BCUT2D eigenvalue weighted by Crippen LogP contribution is -2.43. The second-order valence-corrected chi connectivity index (χ2v) is 6.66. The summed E-state index contributed by atoms with van der Waals surface area (Å²) in [6.45, 7) is 2.02. The summed E-state index contributed by atoms with van der Waals surface area (Å²) >= 11 is 0. The Kier molecular flexibility index (Phi) is 3.93. The van der Waals surface area contributed by atoms with E-state index in [4.69, 9.17) is 5.84 Å². The molecule has 9 heteroatoms. The summed E-state index contributed by atoms with van der Waals surface area (Å²) in [5.41, 5.74) is 2.02. The van der Waals surface area contributed by atoms with Crippen LogP contribution in [0.25, 0.3) is 0 Å². The molecule has 0 aliphatic heterocycles. The van der Waals surface area contributed by atoms with Gasteiger partial charge in [-0.2, -0.15) is 0 Å². The molecular formula is C11H16N4O4S. The molecule has 0 heterocycles. The fourth-order valence-electron chi connectivity index (χ4n) is 2.26. The number of benzene rings is 1. The first kappa shape index (κ1) is 14.7. The van der Waals surface area contributed by atoms with Crippen molar-refractivity contribution in [1.29, 1.82) is 0 Å². The molecule has 1 aromatic carbocycles. The van der Waals surface area contributed by atoms with Crippen molar-refractivity contribution in [1.82, 2.24) is 4.72 Å². The van der Waals surface area contributed by atoms with Crippen LogP contribution in [0.15, 0.2) is 23.1 Å². The fraction of sp³-hybridized carbons (Fsp3) is 0.455. The number of anilines is 1. The molecule has 0 spiro atoms. The zero-order chi connectivity index (χ0) is 14.9. The van der Waals surface area contributed by atoms with Gasteiger partial charge in [0.25, 0.3) is 5.69 Å². The summed E-state index contributed by atoms with van der Waals surface area (Å²) in [6.07, 6.45) is 1.49. The van der Waals surface area contributed by atoms with E-state index in [0.717, 1.165) is 18.9 Å². The maximum atomic E-state index is 12.2. The van der Waals surface area contributed by atoms with Gasteiger partial charge >= 0.3 is 0 Å². The van der Waals surface area contributed by atoms with Crippen molar-refractivity contribution in [3.63, 3.8) is 0 Å². The highest BCUT2D eigenvalue weighted by atomic mass is 32.2. The maximum Gasteiger partial charge on any atom is 0.291 e. The van der Waals surface area contributed by atoms with E-state index in [9.17, 15) is 18.5 Å². The Bertz CT molecular complexity index is 625. The number of hydrogen-bond donors (Lipinski definition) is 3. The minimum atomic E-state index is -3.90. The Morgan fingerprint density at radius 2 is 2.05 bits per heavy atom. The normalized spacial score (nSPS) is 22.1. The predicted octanol–water partition coefficient (Wildman–Crippen LogP) is 0.957. The molecule has 1 aliphatic rings. The largest absolute Gasteiger partial charge is 0.324 e. The number of hydrazine groups is 1. The number of nitrogen functional groups attached to an aromatic ring is 1. The van der Waals surface area contributed by atoms with Crippen LogP contribution in [-0.2, 0) is 10.0 Å². The van der Waals surface area contributed by atoms with Crippen molar-refractivity contribution in [3.05, 3.63) is 28.3 Å². The van der Waals surface area contributed by atoms with Crippen LogP contribution in [0.2, 0.25) is 0 Å². The summed E-state index contributed by atoms with van der Waals surface area (Å²) in [5, 5.41) is 11.0. The third-order valence-electron chi connectivity index (χ3n) is 3.31. The monoisotopic (exact) mass is 300 g/mol. The maximum absolute atomic E-state index is 12.2. The highest BCUT2D eigenvalue weighted by molar-refractivity contribution is 7.89. The lowest BCUT2D eigenvalue weighted by Gasteiger charge is -2.32. The summed E-state index contributed by atoms with van der Waals surface area (Å²) in [7, 11) is -3.90. The predicted molar refractivity (Wildman–Crippen MR) is 73.4 cm³/mol. The minimum absolute atomic E-state index is 0.151. The van der Waals surface area contributed by atoms with Crippen molar-refractivity contribution < 1.29 is 13.3 Å². The van der Waals surface area contributed by atoms with Crippen molar-refractivity contribution >= 4 is 21.4 Å². The Labute approximate surface area is 116 Å². The van der Waals surface area contributed by atoms with Gasteiger partial charge in [0, 0.05) is 12.1 Å². The van der Waals surface area contributed by atoms with E-state index in [1.165, 1.54) is 12.1 Å². The summed E-state index contributed by atoms with van der Waals surface area (Å²) < 4.78 is 26.9. The van der Waals surface area contributed by atoms with Gasteiger partial charge < -0.3 is 5.43 Å². The average Bonchev–Trinajstić information content (AvgIpc) is 2.35. The first-order valence-electron chi connectivity index (χ1n) is 6.11. The minimum Gasteiger partial charge on any atom is -0.324 e. The number of nitrogens with one attached hydrogen (secondary N) is 2. The molecule has 0 amide bonds. The van der Waals surface area contributed by atoms with E-state index in [-0.39, 0.29) is 16.6 Å². The van der Waals surface area contributed by atoms with E-state index in [2.05, 4.69) is 10.1 Å². The molecule has 20 heavy (non-hydrogen) atoms. The van der Waals surface area contributed by atoms with Gasteiger partial charge in [0.15, 0.2) is 4.90 Å². The second-order valence-electron chi connectivity index (χ2n) is 4.98. The molecule has 0 bridgehead atoms. The van der Waals surface area contributed by atoms with Crippen LogP contribution in [0.3, 0.4) is 0 Å². The standard InChI is InChI=1S/C11H16N4O4S/c1-7-4-9(5-7)14-20(18,19)11-3-2-8(13-12)6-10(11)15(16)17/h2-3,6-7,9,13-14H,4-5,12H2,1H3. The van der Waals surface area contributed by atoms with Gasteiger partial charge in [-0.05, 0) is 30.9 Å². The van der Waals surface area contributed by atoms with Crippen molar-refractivity contribution in [2.24, 2.45) is 11.8 Å². The number of nitrogens with two attached hydrogens (primary N) is 1. The topological polar surface area (TPSA) is 127 Å². The van der Waals surface area contributed by atoms with Crippen molar-refractivity contribution in [3.8, 4) is 0 Å². The van der Waals surface area contributed by atoms with Crippen LogP contribution in [0, 0.1) is 16.0 Å². The Balaban J connectivity index is 2.33. The zero-order valence-electron chi connectivity index (χ0n) is 10.9. The van der Waals surface area contributed by atoms with Crippen LogP contribution in [-0.4, -0.2) is 19.4 Å². The van der Waals surface area contributed by atoms with Crippen molar-refractivity contribution in [2.45, 2.75) is 30.7 Å². The quantitative estimate of drug-likeness (QED) is 0.422. The second kappa shape index (κ2) is 5.35. The molecule has 0 atom stereocenters. The van der Waals surface area contributed by atoms with Crippen LogP contribution in [0.4, 0.5) is 11.4 Å². The molecule has 0 aromatic heterocycles. The fourth-order valence-corrected chi connectivity index (χ4v) is 3.67. The van der Waals surface area contributed by atoms with Crippen LogP contribution < -0.4 is 16.0 Å². The molecular weight excluding hydrogens is 284 g/mol. The molecule has 4 N–H and O–H groups in total. The van der Waals surface area contributed by atoms with Crippen LogP contribution in [0.5, 0.6) is 0 Å². The van der Waals surface area contributed by atoms with Crippen LogP contribution in [0.1, 0.15) is 19.8 Å². The lowest BCUT2D eigenvalue weighted by atomic mass is 9.83. The zero-order valence-corrected chi connectivity index (χ0v) is 11.7. The third kappa shape index (κ3) is 2.89. The third-order valence-corrected chi connectivity index (χ3v) is 4.88. The van der Waals surface area contributed by atoms with Gasteiger partial charge in [0.1, 0.15) is 0 Å². The smallest absolute Gasteiger partial charge is 0.291 e. The Hall–Kier alpha value is -1.71. The molecule has 8 nitrogen and oxygen atoms in total. The van der Waals surface area contributed by atoms with E-state index >= 15 is 0 Å². The summed E-state index contributed by atoms with van der Waals surface area (Å²) in [6, 6.07) is 3.50. The number of nitro benzene ring substituents is 1. The van der Waals surface area contributed by atoms with Crippen LogP contribution >= 0.6 is 0 Å². The molecule has 0 radical (unpaired) electrons. The number of hydrogen-bond acceptors (Lipinski definition) is 6. The van der Waals surface area contributed by atoms with Gasteiger partial charge in [-0.1, -0.05) is 6.92 Å². The molecule has 1 saturated carbocycles. The molecule has 0 saturated heterocycles. The first-order valence-corrected chi connectivity index (χ1v) is 7.59. The molecule has 0 unspecified atom stereocenters. The molecule has 1 fully saturated rings. The molecule has 2 rings (SSSR count). The Morgan fingerprint density at radius 1 is 1.40 bits per heavy atom. The molecule has 1 aromatic rings. The summed E-state index contributed by atoms with van der Waals surface area (Å²) in [5.74, 6) is 5.64.